The second-order valence-corrected chi connectivity index (χ2v) is 4.32. The lowest BCUT2D eigenvalue weighted by molar-refractivity contribution is 0.0141. The molecule has 0 spiro atoms. The van der Waals surface area contributed by atoms with Crippen molar-refractivity contribution in [1.82, 2.24) is 5.43 Å². The monoisotopic (exact) mass is 252 g/mol. The molecule has 1 unspecified atom stereocenters. The Morgan fingerprint density at radius 3 is 2.41 bits per heavy atom. The fourth-order valence-electron chi connectivity index (χ4n) is 1.70. The first-order chi connectivity index (χ1) is 8.20. The number of hydrazine groups is 1. The number of halogens is 2. The van der Waals surface area contributed by atoms with Crippen LogP contribution >= 0.6 is 0 Å². The van der Waals surface area contributed by atoms with Crippen LogP contribution in [0.25, 0.3) is 0 Å². The fraction of sp³-hybridized carbons (Fsp3) is 1.00. The predicted molar refractivity (Wildman–Crippen MR) is 65.9 cm³/mol. The van der Waals surface area contributed by atoms with Crippen LogP contribution < -0.4 is 11.3 Å². The van der Waals surface area contributed by atoms with Gasteiger partial charge in [-0.3, -0.25) is 11.3 Å². The second kappa shape index (κ2) is 12.2. The van der Waals surface area contributed by atoms with Crippen LogP contribution in [0.1, 0.15) is 51.9 Å². The van der Waals surface area contributed by atoms with Crippen molar-refractivity contribution in [3.05, 3.63) is 0 Å². The second-order valence-electron chi connectivity index (χ2n) is 4.32. The van der Waals surface area contributed by atoms with Crippen LogP contribution in [0.5, 0.6) is 0 Å². The highest BCUT2D eigenvalue weighted by molar-refractivity contribution is 4.63. The van der Waals surface area contributed by atoms with Crippen LogP contribution in [-0.4, -0.2) is 25.7 Å². The first-order valence-electron chi connectivity index (χ1n) is 6.52. The molecule has 0 aliphatic rings. The zero-order valence-corrected chi connectivity index (χ0v) is 10.8. The number of alkyl halides is 2. The lowest BCUT2D eigenvalue weighted by Gasteiger charge is -2.15. The van der Waals surface area contributed by atoms with E-state index in [4.69, 9.17) is 10.6 Å². The van der Waals surface area contributed by atoms with Gasteiger partial charge in [-0.15, -0.1) is 0 Å². The van der Waals surface area contributed by atoms with Crippen LogP contribution in [0.3, 0.4) is 0 Å². The van der Waals surface area contributed by atoms with E-state index in [2.05, 4.69) is 12.3 Å². The molecule has 0 fully saturated rings. The Bertz CT molecular complexity index is 159. The topological polar surface area (TPSA) is 47.3 Å². The number of nitrogens with one attached hydrogen (secondary N) is 1. The summed E-state index contributed by atoms with van der Waals surface area (Å²) in [5, 5.41) is 0. The summed E-state index contributed by atoms with van der Waals surface area (Å²) in [7, 11) is 0. The van der Waals surface area contributed by atoms with E-state index in [0.717, 1.165) is 12.8 Å². The molecule has 1 atom stereocenters. The molecule has 0 heterocycles. The van der Waals surface area contributed by atoms with Crippen molar-refractivity contribution in [2.24, 2.45) is 5.84 Å². The summed E-state index contributed by atoms with van der Waals surface area (Å²) < 4.78 is 28.4. The summed E-state index contributed by atoms with van der Waals surface area (Å²) >= 11 is 0. The Balaban J connectivity index is 3.36. The van der Waals surface area contributed by atoms with E-state index < -0.39 is 13.0 Å². The minimum atomic E-state index is -2.38. The molecule has 104 valence electrons. The van der Waals surface area contributed by atoms with Gasteiger partial charge in [0.05, 0.1) is 0 Å². The standard InChI is InChI=1S/C12H26F2N2O/c1-2-3-4-5-6-7-11(16-15)8-9-17-10-12(13)14/h11-12,16H,2-10,15H2,1H3. The number of nitrogens with two attached hydrogens (primary N) is 1. The number of ether oxygens (including phenoxy) is 1. The Morgan fingerprint density at radius 2 is 1.82 bits per heavy atom. The van der Waals surface area contributed by atoms with Gasteiger partial charge in [0.15, 0.2) is 0 Å². The Kier molecular flexibility index (Phi) is 12.0. The summed E-state index contributed by atoms with van der Waals surface area (Å²) in [6.07, 6.45) is 5.41. The highest BCUT2D eigenvalue weighted by Crippen LogP contribution is 2.09. The van der Waals surface area contributed by atoms with Crippen molar-refractivity contribution in [3.8, 4) is 0 Å². The zero-order valence-electron chi connectivity index (χ0n) is 10.8. The molecule has 0 aromatic heterocycles. The van der Waals surface area contributed by atoms with Crippen molar-refractivity contribution in [2.45, 2.75) is 64.3 Å². The summed E-state index contributed by atoms with van der Waals surface area (Å²) in [5.74, 6) is 5.40. The average Bonchev–Trinajstić information content (AvgIpc) is 2.31. The molecule has 0 bridgehead atoms. The number of hydrogen-bond donors (Lipinski definition) is 2. The van der Waals surface area contributed by atoms with Gasteiger partial charge in [0.2, 0.25) is 0 Å². The van der Waals surface area contributed by atoms with Gasteiger partial charge < -0.3 is 4.74 Å². The largest absolute Gasteiger partial charge is 0.375 e. The fourth-order valence-corrected chi connectivity index (χ4v) is 1.70. The molecule has 0 aromatic carbocycles. The summed E-state index contributed by atoms with van der Waals surface area (Å²) in [6, 6.07) is 0.175. The third-order valence-corrected chi connectivity index (χ3v) is 2.75. The molecule has 0 saturated carbocycles. The van der Waals surface area contributed by atoms with E-state index in [1.54, 1.807) is 0 Å². The first-order valence-corrected chi connectivity index (χ1v) is 6.52. The van der Waals surface area contributed by atoms with Gasteiger partial charge in [-0.05, 0) is 12.8 Å². The SMILES string of the molecule is CCCCCCCC(CCOCC(F)F)NN. The maximum Gasteiger partial charge on any atom is 0.261 e. The minimum Gasteiger partial charge on any atom is -0.375 e. The predicted octanol–water partition coefficient (Wildman–Crippen LogP) is 2.85. The molecule has 5 heteroatoms. The molecule has 0 saturated heterocycles. The zero-order chi connectivity index (χ0) is 12.9. The van der Waals surface area contributed by atoms with Gasteiger partial charge in [-0.25, -0.2) is 8.78 Å². The molecule has 0 aliphatic carbocycles. The van der Waals surface area contributed by atoms with E-state index in [1.165, 1.54) is 25.7 Å². The van der Waals surface area contributed by atoms with Crippen LogP contribution in [-0.2, 0) is 4.74 Å². The van der Waals surface area contributed by atoms with E-state index >= 15 is 0 Å². The smallest absolute Gasteiger partial charge is 0.261 e. The van der Waals surface area contributed by atoms with Crippen LogP contribution in [0.4, 0.5) is 8.78 Å². The molecular formula is C12H26F2N2O. The highest BCUT2D eigenvalue weighted by Gasteiger charge is 2.07. The molecule has 0 rings (SSSR count). The van der Waals surface area contributed by atoms with E-state index in [0.29, 0.717) is 13.0 Å². The molecule has 17 heavy (non-hydrogen) atoms. The maximum absolute atomic E-state index is 11.8. The Morgan fingerprint density at radius 1 is 1.12 bits per heavy atom. The number of unbranched alkanes of at least 4 members (excludes halogenated alkanes) is 4. The molecule has 0 aliphatic heterocycles. The van der Waals surface area contributed by atoms with E-state index in [1.807, 2.05) is 0 Å². The van der Waals surface area contributed by atoms with Crippen LogP contribution in [0.2, 0.25) is 0 Å². The van der Waals surface area contributed by atoms with Gasteiger partial charge in [0.25, 0.3) is 6.43 Å². The summed E-state index contributed by atoms with van der Waals surface area (Å²) in [5.41, 5.74) is 2.71. The normalized spacial score (nSPS) is 13.2. The van der Waals surface area contributed by atoms with Crippen molar-refractivity contribution >= 4 is 0 Å². The summed E-state index contributed by atoms with van der Waals surface area (Å²) in [4.78, 5) is 0. The molecule has 0 radical (unpaired) electrons. The number of rotatable bonds is 12. The van der Waals surface area contributed by atoms with Gasteiger partial charge in [-0.2, -0.15) is 0 Å². The van der Waals surface area contributed by atoms with Crippen molar-refractivity contribution in [3.63, 3.8) is 0 Å². The summed E-state index contributed by atoms with van der Waals surface area (Å²) in [6.45, 7) is 2.05. The minimum absolute atomic E-state index is 0.175. The van der Waals surface area contributed by atoms with Crippen molar-refractivity contribution in [1.29, 1.82) is 0 Å². The Labute approximate surface area is 103 Å². The van der Waals surface area contributed by atoms with Crippen LogP contribution in [0, 0.1) is 0 Å². The highest BCUT2D eigenvalue weighted by atomic mass is 19.3. The lowest BCUT2D eigenvalue weighted by atomic mass is 10.0. The first kappa shape index (κ1) is 16.7. The molecular weight excluding hydrogens is 226 g/mol. The third kappa shape index (κ3) is 12.0. The third-order valence-electron chi connectivity index (χ3n) is 2.75. The molecule has 0 aromatic rings. The van der Waals surface area contributed by atoms with Gasteiger partial charge in [-0.1, -0.05) is 39.0 Å². The number of hydrogen-bond acceptors (Lipinski definition) is 3. The average molecular weight is 252 g/mol. The molecule has 3 N–H and O–H groups in total. The van der Waals surface area contributed by atoms with Gasteiger partial charge in [0, 0.05) is 12.6 Å². The van der Waals surface area contributed by atoms with Crippen molar-refractivity contribution < 1.29 is 13.5 Å². The van der Waals surface area contributed by atoms with Gasteiger partial charge in [0.1, 0.15) is 6.61 Å². The van der Waals surface area contributed by atoms with E-state index in [-0.39, 0.29) is 6.04 Å². The molecule has 3 nitrogen and oxygen atoms in total. The lowest BCUT2D eigenvalue weighted by Crippen LogP contribution is -2.36. The quantitative estimate of drug-likeness (QED) is 0.319. The van der Waals surface area contributed by atoms with Crippen LogP contribution in [0.15, 0.2) is 0 Å². The molecule has 0 amide bonds. The maximum atomic E-state index is 11.8. The van der Waals surface area contributed by atoms with Gasteiger partial charge >= 0.3 is 0 Å². The Hall–Kier alpha value is -0.260. The van der Waals surface area contributed by atoms with Crippen molar-refractivity contribution in [2.75, 3.05) is 13.2 Å². The van der Waals surface area contributed by atoms with E-state index in [9.17, 15) is 8.78 Å².